The second-order valence-electron chi connectivity index (χ2n) is 3.81. The van der Waals surface area contributed by atoms with Gasteiger partial charge in [0.1, 0.15) is 11.3 Å². The van der Waals surface area contributed by atoms with Crippen molar-refractivity contribution in [3.05, 3.63) is 23.7 Å². The zero-order valence-corrected chi connectivity index (χ0v) is 12.5. The van der Waals surface area contributed by atoms with Gasteiger partial charge in [-0.1, -0.05) is 23.1 Å². The van der Waals surface area contributed by atoms with Crippen molar-refractivity contribution in [2.24, 2.45) is 0 Å². The summed E-state index contributed by atoms with van der Waals surface area (Å²) in [5.74, 6) is 1.12. The number of carbonyl (C=O) groups is 1. The monoisotopic (exact) mass is 310 g/mol. The number of amides is 1. The number of anilines is 2. The third-order valence-corrected chi connectivity index (χ3v) is 4.26. The average molecular weight is 310 g/mol. The quantitative estimate of drug-likeness (QED) is 0.628. The van der Waals surface area contributed by atoms with E-state index in [9.17, 15) is 4.79 Å². The van der Waals surface area contributed by atoms with Crippen molar-refractivity contribution in [2.75, 3.05) is 23.9 Å². The minimum absolute atomic E-state index is 0.0786. The molecule has 0 saturated heterocycles. The van der Waals surface area contributed by atoms with Crippen LogP contribution in [0.3, 0.4) is 0 Å². The van der Waals surface area contributed by atoms with E-state index in [0.29, 0.717) is 29.3 Å². The van der Waals surface area contributed by atoms with Crippen LogP contribution in [0, 0.1) is 0 Å². The van der Waals surface area contributed by atoms with E-state index in [-0.39, 0.29) is 5.91 Å². The first-order valence-corrected chi connectivity index (χ1v) is 7.68. The summed E-state index contributed by atoms with van der Waals surface area (Å²) >= 11 is 2.97. The molecular formula is C12H14N4O2S2. The second kappa shape index (κ2) is 7.11. The smallest absolute Gasteiger partial charge is 0.225 e. The fourth-order valence-corrected chi connectivity index (χ4v) is 2.98. The molecule has 2 rings (SSSR count). The lowest BCUT2D eigenvalue weighted by Gasteiger charge is -2.10. The summed E-state index contributed by atoms with van der Waals surface area (Å²) < 4.78 is 6.04. The van der Waals surface area contributed by atoms with E-state index in [2.05, 4.69) is 15.5 Å². The Balaban J connectivity index is 1.85. The number of hydrogen-bond acceptors (Lipinski definition) is 7. The lowest BCUT2D eigenvalue weighted by Crippen LogP contribution is -2.13. The molecule has 0 bridgehead atoms. The molecule has 0 spiro atoms. The number of ether oxygens (including phenoxy) is 1. The molecule has 1 heterocycles. The van der Waals surface area contributed by atoms with Gasteiger partial charge in [-0.3, -0.25) is 4.79 Å². The molecule has 3 N–H and O–H groups in total. The van der Waals surface area contributed by atoms with Crippen LogP contribution in [-0.2, 0) is 4.79 Å². The Morgan fingerprint density at radius 3 is 3.10 bits per heavy atom. The molecule has 8 heteroatoms. The Bertz CT molecular complexity index is 575. The highest BCUT2D eigenvalue weighted by atomic mass is 32.2. The molecule has 0 unspecified atom stereocenters. The number of thioether (sulfide) groups is 1. The van der Waals surface area contributed by atoms with E-state index < -0.39 is 0 Å². The lowest BCUT2D eigenvalue weighted by molar-refractivity contribution is -0.115. The minimum Gasteiger partial charge on any atom is -0.494 e. The highest BCUT2D eigenvalue weighted by Gasteiger charge is 2.08. The highest BCUT2D eigenvalue weighted by molar-refractivity contribution is 8.01. The number of benzene rings is 1. The fraction of sp³-hybridized carbons (Fsp3) is 0.250. The number of aromatic nitrogens is 2. The first kappa shape index (κ1) is 14.6. The predicted molar refractivity (Wildman–Crippen MR) is 81.3 cm³/mol. The number of hydrogen-bond donors (Lipinski definition) is 2. The number of nitrogen functional groups attached to an aromatic ring is 1. The van der Waals surface area contributed by atoms with Crippen LogP contribution in [-0.4, -0.2) is 29.0 Å². The van der Waals surface area contributed by atoms with Crippen molar-refractivity contribution >= 4 is 40.4 Å². The molecule has 2 aromatic rings. The van der Waals surface area contributed by atoms with E-state index in [1.54, 1.807) is 23.7 Å². The van der Waals surface area contributed by atoms with E-state index in [1.165, 1.54) is 30.2 Å². The number of nitrogens with zero attached hydrogens (tertiary/aromatic N) is 2. The van der Waals surface area contributed by atoms with Gasteiger partial charge >= 0.3 is 0 Å². The first-order valence-electron chi connectivity index (χ1n) is 5.81. The van der Waals surface area contributed by atoms with Crippen LogP contribution >= 0.6 is 23.1 Å². The number of carbonyl (C=O) groups excluding carboxylic acids is 1. The van der Waals surface area contributed by atoms with Gasteiger partial charge in [-0.05, 0) is 12.1 Å². The van der Waals surface area contributed by atoms with Crippen molar-refractivity contribution in [2.45, 2.75) is 10.8 Å². The van der Waals surface area contributed by atoms with Crippen molar-refractivity contribution in [3.8, 4) is 5.75 Å². The SMILES string of the molecule is COc1cc(N)ccc1NC(=O)CCSc1nncs1. The molecule has 0 aliphatic carbocycles. The Hall–Kier alpha value is -1.80. The molecule has 0 radical (unpaired) electrons. The Labute approximate surface area is 124 Å². The average Bonchev–Trinajstić information content (AvgIpc) is 2.94. The van der Waals surface area contributed by atoms with Gasteiger partial charge in [-0.25, -0.2) is 0 Å². The van der Waals surface area contributed by atoms with Crippen molar-refractivity contribution in [3.63, 3.8) is 0 Å². The van der Waals surface area contributed by atoms with Crippen molar-refractivity contribution in [1.82, 2.24) is 10.2 Å². The molecule has 1 amide bonds. The van der Waals surface area contributed by atoms with Gasteiger partial charge in [-0.2, -0.15) is 0 Å². The molecule has 0 atom stereocenters. The maximum Gasteiger partial charge on any atom is 0.225 e. The lowest BCUT2D eigenvalue weighted by atomic mass is 10.2. The van der Waals surface area contributed by atoms with E-state index >= 15 is 0 Å². The van der Waals surface area contributed by atoms with Gasteiger partial charge in [0.25, 0.3) is 0 Å². The van der Waals surface area contributed by atoms with Crippen LogP contribution in [0.25, 0.3) is 0 Å². The molecule has 0 fully saturated rings. The van der Waals surface area contributed by atoms with E-state index in [1.807, 2.05) is 0 Å². The van der Waals surface area contributed by atoms with Crippen molar-refractivity contribution < 1.29 is 9.53 Å². The van der Waals surface area contributed by atoms with E-state index in [4.69, 9.17) is 10.5 Å². The van der Waals surface area contributed by atoms with Crippen LogP contribution < -0.4 is 15.8 Å². The number of nitrogens with one attached hydrogen (secondary N) is 1. The first-order chi connectivity index (χ1) is 9.69. The molecule has 6 nitrogen and oxygen atoms in total. The zero-order valence-electron chi connectivity index (χ0n) is 10.8. The Kier molecular flexibility index (Phi) is 5.19. The maximum atomic E-state index is 11.9. The molecule has 20 heavy (non-hydrogen) atoms. The van der Waals surface area contributed by atoms with Crippen molar-refractivity contribution in [1.29, 1.82) is 0 Å². The van der Waals surface area contributed by atoms with Gasteiger partial charge < -0.3 is 15.8 Å². The maximum absolute atomic E-state index is 11.9. The molecule has 1 aromatic carbocycles. The second-order valence-corrected chi connectivity index (χ2v) is 5.99. The summed E-state index contributed by atoms with van der Waals surface area (Å²) in [6.07, 6.45) is 0.387. The Morgan fingerprint density at radius 1 is 1.55 bits per heavy atom. The molecular weight excluding hydrogens is 296 g/mol. The van der Waals surface area contributed by atoms with Gasteiger partial charge in [0.05, 0.1) is 12.8 Å². The number of methoxy groups -OCH3 is 1. The third-order valence-electron chi connectivity index (χ3n) is 2.39. The largest absolute Gasteiger partial charge is 0.494 e. The normalized spacial score (nSPS) is 10.2. The van der Waals surface area contributed by atoms with Crippen LogP contribution in [0.2, 0.25) is 0 Å². The van der Waals surface area contributed by atoms with Crippen LogP contribution in [0.15, 0.2) is 28.0 Å². The zero-order chi connectivity index (χ0) is 14.4. The summed E-state index contributed by atoms with van der Waals surface area (Å²) in [5, 5.41) is 10.4. The summed E-state index contributed by atoms with van der Waals surface area (Å²) in [6.45, 7) is 0. The molecule has 106 valence electrons. The standard InChI is InChI=1S/C12H14N4O2S2/c1-18-10-6-8(13)2-3-9(10)15-11(17)4-5-19-12-16-14-7-20-12/h2-3,6-7H,4-5,13H2,1H3,(H,15,17). The number of nitrogens with two attached hydrogens (primary N) is 1. The molecule has 0 saturated carbocycles. The molecule has 1 aromatic heterocycles. The predicted octanol–water partition coefficient (Wildman–Crippen LogP) is 2.25. The fourth-order valence-electron chi connectivity index (χ4n) is 1.48. The van der Waals surface area contributed by atoms with Crippen LogP contribution in [0.4, 0.5) is 11.4 Å². The van der Waals surface area contributed by atoms with Crippen LogP contribution in [0.5, 0.6) is 5.75 Å². The van der Waals surface area contributed by atoms with Crippen LogP contribution in [0.1, 0.15) is 6.42 Å². The van der Waals surface area contributed by atoms with E-state index in [0.717, 1.165) is 4.34 Å². The third kappa shape index (κ3) is 4.10. The minimum atomic E-state index is -0.0786. The van der Waals surface area contributed by atoms with Gasteiger partial charge in [0.15, 0.2) is 4.34 Å². The Morgan fingerprint density at radius 2 is 2.40 bits per heavy atom. The van der Waals surface area contributed by atoms with Gasteiger partial charge in [0.2, 0.25) is 5.91 Å². The van der Waals surface area contributed by atoms with Gasteiger partial charge in [0, 0.05) is 23.9 Å². The topological polar surface area (TPSA) is 90.1 Å². The molecule has 0 aliphatic heterocycles. The summed E-state index contributed by atoms with van der Waals surface area (Å²) in [4.78, 5) is 11.9. The highest BCUT2D eigenvalue weighted by Crippen LogP contribution is 2.27. The summed E-state index contributed by atoms with van der Waals surface area (Å²) in [7, 11) is 1.54. The summed E-state index contributed by atoms with van der Waals surface area (Å²) in [6, 6.07) is 5.11. The molecule has 0 aliphatic rings. The number of rotatable bonds is 6. The van der Waals surface area contributed by atoms with Gasteiger partial charge in [-0.15, -0.1) is 10.2 Å². The summed E-state index contributed by atoms with van der Waals surface area (Å²) in [5.41, 5.74) is 8.54.